The first-order valence-corrected chi connectivity index (χ1v) is 11.4. The molecule has 0 spiro atoms. The van der Waals surface area contributed by atoms with E-state index in [1.54, 1.807) is 0 Å². The first-order chi connectivity index (χ1) is 13.2. The number of para-hydroxylation sites is 1. The van der Waals surface area contributed by atoms with Crippen molar-refractivity contribution in [2.45, 2.75) is 56.2 Å². The van der Waals surface area contributed by atoms with Crippen molar-refractivity contribution < 1.29 is 4.79 Å². The molecule has 1 aromatic carbocycles. The lowest BCUT2D eigenvalue weighted by Gasteiger charge is -2.29. The first kappa shape index (κ1) is 23.3. The molecule has 1 aliphatic heterocycles. The molecule has 28 heavy (non-hydrogen) atoms. The van der Waals surface area contributed by atoms with Crippen LogP contribution in [0, 0.1) is 0 Å². The van der Waals surface area contributed by atoms with Gasteiger partial charge in [0.2, 0.25) is 5.91 Å². The zero-order chi connectivity index (χ0) is 19.1. The summed E-state index contributed by atoms with van der Waals surface area (Å²) >= 11 is 1.97. The summed E-state index contributed by atoms with van der Waals surface area (Å²) in [4.78, 5) is 18.8. The van der Waals surface area contributed by atoms with Crippen molar-refractivity contribution in [3.8, 4) is 0 Å². The van der Waals surface area contributed by atoms with Crippen LogP contribution < -0.4 is 15.5 Å². The Balaban J connectivity index is 0.00000280. The van der Waals surface area contributed by atoms with E-state index in [4.69, 9.17) is 0 Å². The number of nitrogens with zero attached hydrogens (tertiary/aromatic N) is 2. The van der Waals surface area contributed by atoms with Crippen molar-refractivity contribution in [2.75, 3.05) is 31.3 Å². The summed E-state index contributed by atoms with van der Waals surface area (Å²) in [5.41, 5.74) is 2.37. The van der Waals surface area contributed by atoms with Crippen LogP contribution in [-0.2, 0) is 11.2 Å². The van der Waals surface area contributed by atoms with Gasteiger partial charge in [0.15, 0.2) is 5.96 Å². The van der Waals surface area contributed by atoms with Gasteiger partial charge in [-0.2, -0.15) is 11.8 Å². The van der Waals surface area contributed by atoms with E-state index in [1.165, 1.54) is 31.2 Å². The van der Waals surface area contributed by atoms with Crippen molar-refractivity contribution in [2.24, 2.45) is 4.99 Å². The minimum absolute atomic E-state index is 0. The zero-order valence-electron chi connectivity index (χ0n) is 16.9. The van der Waals surface area contributed by atoms with Gasteiger partial charge in [-0.05, 0) is 50.0 Å². The van der Waals surface area contributed by atoms with Gasteiger partial charge in [0.25, 0.3) is 0 Å². The number of guanidine groups is 1. The number of halogens is 1. The minimum Gasteiger partial charge on any atom is -0.356 e. The molecule has 1 amide bonds. The van der Waals surface area contributed by atoms with Gasteiger partial charge in [0.1, 0.15) is 0 Å². The van der Waals surface area contributed by atoms with Crippen LogP contribution in [-0.4, -0.2) is 49.6 Å². The number of nitrogens with one attached hydrogen (secondary N) is 2. The third-order valence-corrected chi connectivity index (χ3v) is 6.67. The minimum atomic E-state index is 0. The number of carbonyl (C=O) groups is 1. The molecule has 7 heteroatoms. The molecule has 2 N–H and O–H groups in total. The van der Waals surface area contributed by atoms with Crippen molar-refractivity contribution >= 4 is 53.3 Å². The molecule has 0 aromatic heterocycles. The number of carbonyl (C=O) groups excluding carboxylic acids is 1. The highest BCUT2D eigenvalue weighted by Crippen LogP contribution is 2.28. The maximum atomic E-state index is 12.6. The lowest BCUT2D eigenvalue weighted by molar-refractivity contribution is -0.118. The van der Waals surface area contributed by atoms with E-state index in [2.05, 4.69) is 34.0 Å². The average Bonchev–Trinajstić information content (AvgIpc) is 3.14. The van der Waals surface area contributed by atoms with E-state index < -0.39 is 0 Å². The van der Waals surface area contributed by atoms with Crippen LogP contribution in [0.4, 0.5) is 5.69 Å². The summed E-state index contributed by atoms with van der Waals surface area (Å²) in [6, 6.07) is 8.73. The SMILES string of the molecule is CN=C(NCCCC(=O)N1CCc2ccccc21)NC1CCCC(SC)C1.I. The van der Waals surface area contributed by atoms with Gasteiger partial charge < -0.3 is 15.5 Å². The van der Waals surface area contributed by atoms with E-state index in [-0.39, 0.29) is 29.9 Å². The molecule has 3 rings (SSSR count). The van der Waals surface area contributed by atoms with Gasteiger partial charge in [-0.3, -0.25) is 9.79 Å². The molecule has 2 aliphatic rings. The Hall–Kier alpha value is -0.960. The summed E-state index contributed by atoms with van der Waals surface area (Å²) in [5.74, 6) is 1.08. The highest BCUT2D eigenvalue weighted by molar-refractivity contribution is 14.0. The molecule has 0 radical (unpaired) electrons. The number of hydrogen-bond acceptors (Lipinski definition) is 3. The van der Waals surface area contributed by atoms with Crippen LogP contribution in [0.25, 0.3) is 0 Å². The van der Waals surface area contributed by atoms with Crippen LogP contribution in [0.15, 0.2) is 29.3 Å². The first-order valence-electron chi connectivity index (χ1n) is 10.1. The fraction of sp³-hybridized carbons (Fsp3) is 0.619. The van der Waals surface area contributed by atoms with E-state index in [1.807, 2.05) is 35.8 Å². The van der Waals surface area contributed by atoms with E-state index >= 15 is 0 Å². The Morgan fingerprint density at radius 2 is 2.14 bits per heavy atom. The molecule has 5 nitrogen and oxygen atoms in total. The highest BCUT2D eigenvalue weighted by atomic mass is 127. The van der Waals surface area contributed by atoms with Crippen molar-refractivity contribution in [3.05, 3.63) is 29.8 Å². The predicted octanol–water partition coefficient (Wildman–Crippen LogP) is 3.81. The van der Waals surface area contributed by atoms with E-state index in [0.29, 0.717) is 12.5 Å². The number of thioether (sulfide) groups is 1. The maximum absolute atomic E-state index is 12.6. The summed E-state index contributed by atoms with van der Waals surface area (Å²) < 4.78 is 0. The Morgan fingerprint density at radius 3 is 2.93 bits per heavy atom. The molecule has 1 aromatic rings. The molecule has 1 aliphatic carbocycles. The van der Waals surface area contributed by atoms with E-state index in [0.717, 1.165) is 42.8 Å². The van der Waals surface area contributed by atoms with Crippen molar-refractivity contribution in [1.29, 1.82) is 0 Å². The average molecular weight is 516 g/mol. The normalized spacial score (nSPS) is 21.6. The smallest absolute Gasteiger partial charge is 0.227 e. The second-order valence-electron chi connectivity index (χ2n) is 7.39. The van der Waals surface area contributed by atoms with Gasteiger partial charge in [-0.15, -0.1) is 24.0 Å². The second-order valence-corrected chi connectivity index (χ2v) is 8.53. The summed E-state index contributed by atoms with van der Waals surface area (Å²) in [6.45, 7) is 1.58. The Bertz CT molecular complexity index is 670. The fourth-order valence-corrected chi connectivity index (χ4v) is 4.88. The highest BCUT2D eigenvalue weighted by Gasteiger charge is 2.24. The molecular weight excluding hydrogens is 483 g/mol. The maximum Gasteiger partial charge on any atom is 0.227 e. The van der Waals surface area contributed by atoms with Gasteiger partial charge in [0.05, 0.1) is 0 Å². The van der Waals surface area contributed by atoms with Gasteiger partial charge in [-0.1, -0.05) is 24.6 Å². The van der Waals surface area contributed by atoms with Crippen LogP contribution in [0.5, 0.6) is 0 Å². The van der Waals surface area contributed by atoms with Crippen molar-refractivity contribution in [1.82, 2.24) is 10.6 Å². The number of amides is 1. The number of benzene rings is 1. The second kappa shape index (κ2) is 11.9. The van der Waals surface area contributed by atoms with Gasteiger partial charge >= 0.3 is 0 Å². The van der Waals surface area contributed by atoms with Crippen molar-refractivity contribution in [3.63, 3.8) is 0 Å². The zero-order valence-corrected chi connectivity index (χ0v) is 20.1. The monoisotopic (exact) mass is 516 g/mol. The Kier molecular flexibility index (Phi) is 9.91. The van der Waals surface area contributed by atoms with Crippen LogP contribution in [0.2, 0.25) is 0 Å². The standard InChI is InChI=1S/C21H32N4OS.HI/c1-22-21(24-17-8-5-9-18(15-17)27-2)23-13-6-11-20(26)25-14-12-16-7-3-4-10-19(16)25;/h3-4,7,10,17-18H,5-6,8-9,11-15H2,1-2H3,(H2,22,23,24);1H. The molecule has 156 valence electrons. The van der Waals surface area contributed by atoms with Crippen LogP contribution in [0.1, 0.15) is 44.1 Å². The topological polar surface area (TPSA) is 56.7 Å². The molecule has 1 fully saturated rings. The molecule has 0 bridgehead atoms. The Morgan fingerprint density at radius 1 is 1.32 bits per heavy atom. The summed E-state index contributed by atoms with van der Waals surface area (Å²) in [7, 11) is 1.82. The number of aliphatic imine (C=N–C) groups is 1. The van der Waals surface area contributed by atoms with Crippen LogP contribution >= 0.6 is 35.7 Å². The molecule has 1 heterocycles. The predicted molar refractivity (Wildman–Crippen MR) is 131 cm³/mol. The number of fused-ring (bicyclic) bond motifs is 1. The number of rotatable bonds is 6. The lowest BCUT2D eigenvalue weighted by Crippen LogP contribution is -2.46. The lowest BCUT2D eigenvalue weighted by atomic mass is 9.95. The quantitative estimate of drug-likeness (QED) is 0.261. The third-order valence-electron chi connectivity index (χ3n) is 5.57. The fourth-order valence-electron chi connectivity index (χ4n) is 4.06. The summed E-state index contributed by atoms with van der Waals surface area (Å²) in [5, 5.41) is 7.69. The van der Waals surface area contributed by atoms with Gasteiger partial charge in [-0.25, -0.2) is 0 Å². The number of hydrogen-bond donors (Lipinski definition) is 2. The molecule has 2 atom stereocenters. The van der Waals surface area contributed by atoms with E-state index in [9.17, 15) is 4.79 Å². The molecule has 2 unspecified atom stereocenters. The largest absolute Gasteiger partial charge is 0.356 e. The molecule has 0 saturated heterocycles. The van der Waals surface area contributed by atoms with Crippen LogP contribution in [0.3, 0.4) is 0 Å². The Labute approximate surface area is 190 Å². The molecule has 1 saturated carbocycles. The van der Waals surface area contributed by atoms with Gasteiger partial charge in [0, 0.05) is 43.5 Å². The summed E-state index contributed by atoms with van der Waals surface area (Å²) in [6.07, 6.45) is 9.58. The number of anilines is 1. The molecular formula is C21H33IN4OS. The third kappa shape index (κ3) is 6.27.